The number of aliphatic hydroxyl groups is 1. The number of rotatable bonds is 5. The molecule has 3 amide bonds. The summed E-state index contributed by atoms with van der Waals surface area (Å²) in [6.45, 7) is 4.61. The van der Waals surface area contributed by atoms with Crippen molar-refractivity contribution >= 4 is 11.9 Å². The number of urea groups is 1. The number of hydrogen-bond donors (Lipinski definition) is 1. The van der Waals surface area contributed by atoms with Crippen LogP contribution in [0.15, 0.2) is 18.2 Å². The van der Waals surface area contributed by atoms with Gasteiger partial charge in [0.1, 0.15) is 24.5 Å². The zero-order valence-corrected chi connectivity index (χ0v) is 13.5. The lowest BCUT2D eigenvalue weighted by Gasteiger charge is -2.19. The topological polar surface area (TPSA) is 70.1 Å². The van der Waals surface area contributed by atoms with Gasteiger partial charge >= 0.3 is 6.03 Å². The molecular weight excluding hydrogens is 296 g/mol. The van der Waals surface area contributed by atoms with Gasteiger partial charge < -0.3 is 14.7 Å². The molecule has 2 heterocycles. The summed E-state index contributed by atoms with van der Waals surface area (Å²) in [6, 6.07) is 5.21. The summed E-state index contributed by atoms with van der Waals surface area (Å²) < 4.78 is 5.59. The maximum absolute atomic E-state index is 12.2. The van der Waals surface area contributed by atoms with E-state index in [1.54, 1.807) is 4.90 Å². The van der Waals surface area contributed by atoms with Crippen molar-refractivity contribution in [3.05, 3.63) is 29.3 Å². The van der Waals surface area contributed by atoms with Crippen molar-refractivity contribution in [3.8, 4) is 5.75 Å². The number of carbonyl (C=O) groups is 2. The van der Waals surface area contributed by atoms with Crippen LogP contribution in [0.25, 0.3) is 0 Å². The predicted octanol–water partition coefficient (Wildman–Crippen LogP) is 1.47. The highest BCUT2D eigenvalue weighted by Gasteiger charge is 2.47. The standard InChI is InChI=1S/C17H22N2O4/c1-11-6-12(2)8-14(7-11)23-10-13(20)9-19-16(21)15-4-3-5-18(15)17(19)22/h6-8,13,15,20H,3-5,9-10H2,1-2H3/t13-,15+/m0/s1. The molecule has 2 aliphatic heterocycles. The molecule has 1 aromatic carbocycles. The Kier molecular flexibility index (Phi) is 4.26. The van der Waals surface area contributed by atoms with Gasteiger partial charge in [0.05, 0.1) is 6.54 Å². The number of fused-ring (bicyclic) bond motifs is 1. The molecule has 124 valence electrons. The first-order valence-corrected chi connectivity index (χ1v) is 7.97. The Hall–Kier alpha value is -2.08. The Bertz CT molecular complexity index is 589. The first-order chi connectivity index (χ1) is 11.0. The van der Waals surface area contributed by atoms with Gasteiger partial charge in [-0.15, -0.1) is 0 Å². The van der Waals surface area contributed by atoms with E-state index in [0.29, 0.717) is 12.3 Å². The van der Waals surface area contributed by atoms with Crippen molar-refractivity contribution < 1.29 is 19.4 Å². The molecule has 0 saturated carbocycles. The molecule has 0 bridgehead atoms. The van der Waals surface area contributed by atoms with E-state index in [2.05, 4.69) is 0 Å². The summed E-state index contributed by atoms with van der Waals surface area (Å²) in [5.74, 6) is 0.485. The summed E-state index contributed by atoms with van der Waals surface area (Å²) >= 11 is 0. The Morgan fingerprint density at radius 3 is 2.61 bits per heavy atom. The van der Waals surface area contributed by atoms with E-state index in [4.69, 9.17) is 4.74 Å². The monoisotopic (exact) mass is 318 g/mol. The maximum atomic E-state index is 12.2. The molecule has 1 aromatic rings. The number of amides is 3. The normalized spacial score (nSPS) is 21.8. The maximum Gasteiger partial charge on any atom is 0.327 e. The highest BCUT2D eigenvalue weighted by molar-refractivity contribution is 6.04. The van der Waals surface area contributed by atoms with E-state index in [0.717, 1.165) is 28.9 Å². The zero-order chi connectivity index (χ0) is 16.6. The lowest BCUT2D eigenvalue weighted by atomic mass is 10.1. The number of carbonyl (C=O) groups excluding carboxylic acids is 2. The van der Waals surface area contributed by atoms with Gasteiger partial charge in [-0.1, -0.05) is 6.07 Å². The number of nitrogens with zero attached hydrogens (tertiary/aromatic N) is 2. The van der Waals surface area contributed by atoms with Crippen molar-refractivity contribution in [1.29, 1.82) is 0 Å². The highest BCUT2D eigenvalue weighted by atomic mass is 16.5. The second-order valence-corrected chi connectivity index (χ2v) is 6.37. The molecule has 0 spiro atoms. The fourth-order valence-electron chi connectivity index (χ4n) is 3.32. The van der Waals surface area contributed by atoms with Crippen LogP contribution in [0.4, 0.5) is 4.79 Å². The summed E-state index contributed by atoms with van der Waals surface area (Å²) in [4.78, 5) is 27.1. The van der Waals surface area contributed by atoms with Crippen LogP contribution in [-0.4, -0.2) is 58.7 Å². The van der Waals surface area contributed by atoms with E-state index in [-0.39, 0.29) is 31.1 Å². The first-order valence-electron chi connectivity index (χ1n) is 7.97. The molecule has 6 nitrogen and oxygen atoms in total. The third kappa shape index (κ3) is 3.17. The summed E-state index contributed by atoms with van der Waals surface area (Å²) in [5, 5.41) is 10.1. The smallest absolute Gasteiger partial charge is 0.327 e. The minimum absolute atomic E-state index is 0.0184. The summed E-state index contributed by atoms with van der Waals surface area (Å²) in [5.41, 5.74) is 2.17. The van der Waals surface area contributed by atoms with E-state index >= 15 is 0 Å². The molecule has 2 saturated heterocycles. The third-order valence-electron chi connectivity index (χ3n) is 4.31. The number of hydrogen-bond acceptors (Lipinski definition) is 4. The second-order valence-electron chi connectivity index (χ2n) is 6.37. The lowest BCUT2D eigenvalue weighted by molar-refractivity contribution is -0.129. The van der Waals surface area contributed by atoms with Crippen molar-refractivity contribution in [2.24, 2.45) is 0 Å². The zero-order valence-electron chi connectivity index (χ0n) is 13.5. The quantitative estimate of drug-likeness (QED) is 0.835. The number of aryl methyl sites for hydroxylation is 2. The lowest BCUT2D eigenvalue weighted by Crippen LogP contribution is -2.41. The Balaban J connectivity index is 1.56. The van der Waals surface area contributed by atoms with Crippen molar-refractivity contribution in [2.75, 3.05) is 19.7 Å². The molecule has 0 aliphatic carbocycles. The van der Waals surface area contributed by atoms with E-state index in [9.17, 15) is 14.7 Å². The molecule has 0 unspecified atom stereocenters. The van der Waals surface area contributed by atoms with Crippen LogP contribution in [0.5, 0.6) is 5.75 Å². The SMILES string of the molecule is Cc1cc(C)cc(OC[C@@H](O)CN2C(=O)[C@H]3CCCN3C2=O)c1. The van der Waals surface area contributed by atoms with Crippen LogP contribution in [0.3, 0.4) is 0 Å². The van der Waals surface area contributed by atoms with Gasteiger partial charge in [-0.2, -0.15) is 0 Å². The van der Waals surface area contributed by atoms with Crippen LogP contribution in [0.2, 0.25) is 0 Å². The summed E-state index contributed by atoms with van der Waals surface area (Å²) in [6.07, 6.45) is 0.689. The molecule has 0 radical (unpaired) electrons. The molecule has 2 aliphatic rings. The fraction of sp³-hybridized carbons (Fsp3) is 0.529. The van der Waals surface area contributed by atoms with Gasteiger partial charge in [0, 0.05) is 6.54 Å². The highest BCUT2D eigenvalue weighted by Crippen LogP contribution is 2.27. The van der Waals surface area contributed by atoms with Gasteiger partial charge in [0.15, 0.2) is 0 Å². The van der Waals surface area contributed by atoms with Crippen molar-refractivity contribution in [2.45, 2.75) is 38.8 Å². The van der Waals surface area contributed by atoms with Gasteiger partial charge in [-0.3, -0.25) is 9.69 Å². The Morgan fingerprint density at radius 1 is 1.26 bits per heavy atom. The van der Waals surface area contributed by atoms with Gasteiger partial charge in [-0.05, 0) is 49.9 Å². The second kappa shape index (κ2) is 6.20. The van der Waals surface area contributed by atoms with E-state index in [1.165, 1.54) is 0 Å². The number of imide groups is 1. The minimum atomic E-state index is -0.899. The summed E-state index contributed by atoms with van der Waals surface area (Å²) in [7, 11) is 0. The van der Waals surface area contributed by atoms with Crippen LogP contribution in [0, 0.1) is 13.8 Å². The molecule has 2 atom stereocenters. The molecule has 6 heteroatoms. The molecule has 2 fully saturated rings. The average molecular weight is 318 g/mol. The molecule has 1 N–H and O–H groups in total. The first kappa shape index (κ1) is 15.8. The van der Waals surface area contributed by atoms with Crippen LogP contribution < -0.4 is 4.74 Å². The molecule has 0 aromatic heterocycles. The third-order valence-corrected chi connectivity index (χ3v) is 4.31. The van der Waals surface area contributed by atoms with Crippen LogP contribution >= 0.6 is 0 Å². The largest absolute Gasteiger partial charge is 0.491 e. The average Bonchev–Trinajstić information content (AvgIpc) is 3.04. The van der Waals surface area contributed by atoms with E-state index < -0.39 is 6.10 Å². The minimum Gasteiger partial charge on any atom is -0.491 e. The fourth-order valence-corrected chi connectivity index (χ4v) is 3.32. The van der Waals surface area contributed by atoms with Crippen molar-refractivity contribution in [1.82, 2.24) is 9.80 Å². The number of benzene rings is 1. The van der Waals surface area contributed by atoms with Crippen molar-refractivity contribution in [3.63, 3.8) is 0 Å². The number of β-amino-alcohol motifs (C(OH)–C–C–N with tert-alkyl or cyclic N) is 1. The molecule has 23 heavy (non-hydrogen) atoms. The van der Waals surface area contributed by atoms with Gasteiger partial charge in [0.25, 0.3) is 5.91 Å². The molecule has 3 rings (SSSR count). The molecular formula is C17H22N2O4. The predicted molar refractivity (Wildman–Crippen MR) is 84.3 cm³/mol. The van der Waals surface area contributed by atoms with Gasteiger partial charge in [-0.25, -0.2) is 4.79 Å². The number of ether oxygens (including phenoxy) is 1. The Morgan fingerprint density at radius 2 is 1.96 bits per heavy atom. The van der Waals surface area contributed by atoms with Gasteiger partial charge in [0.2, 0.25) is 0 Å². The van der Waals surface area contributed by atoms with Crippen LogP contribution in [-0.2, 0) is 4.79 Å². The Labute approximate surface area is 135 Å². The van der Waals surface area contributed by atoms with E-state index in [1.807, 2.05) is 32.0 Å². The van der Waals surface area contributed by atoms with Crippen LogP contribution in [0.1, 0.15) is 24.0 Å². The number of aliphatic hydroxyl groups excluding tert-OH is 1.